The molecule has 1 aromatic carbocycles. The van der Waals surface area contributed by atoms with E-state index in [4.69, 9.17) is 9.26 Å². The summed E-state index contributed by atoms with van der Waals surface area (Å²) in [4.78, 5) is 26.4. The molecule has 0 radical (unpaired) electrons. The molecule has 2 amide bonds. The summed E-state index contributed by atoms with van der Waals surface area (Å²) in [6.07, 6.45) is 1.63. The SMILES string of the molecule is Cc1cc(NC(=O)C2CCN(C(=O)CCOc3ccccc3)CC2)no1. The van der Waals surface area contributed by atoms with E-state index in [1.807, 2.05) is 30.3 Å². The van der Waals surface area contributed by atoms with Gasteiger partial charge in [-0.25, -0.2) is 0 Å². The Morgan fingerprint density at radius 1 is 1.27 bits per heavy atom. The second-order valence-corrected chi connectivity index (χ2v) is 6.38. The van der Waals surface area contributed by atoms with Crippen LogP contribution in [0.3, 0.4) is 0 Å². The van der Waals surface area contributed by atoms with Crippen LogP contribution in [0.15, 0.2) is 40.9 Å². The molecule has 0 atom stereocenters. The number of hydrogen-bond acceptors (Lipinski definition) is 5. The minimum atomic E-state index is -0.114. The van der Waals surface area contributed by atoms with E-state index in [9.17, 15) is 9.59 Å². The monoisotopic (exact) mass is 357 g/mol. The number of piperidine rings is 1. The van der Waals surface area contributed by atoms with Crippen LogP contribution < -0.4 is 10.1 Å². The first-order valence-corrected chi connectivity index (χ1v) is 8.81. The molecule has 1 aliphatic heterocycles. The molecule has 1 fully saturated rings. The van der Waals surface area contributed by atoms with Gasteiger partial charge in [-0.05, 0) is 31.9 Å². The zero-order valence-corrected chi connectivity index (χ0v) is 14.8. The zero-order chi connectivity index (χ0) is 18.4. The van der Waals surface area contributed by atoms with Crippen LogP contribution in [0.5, 0.6) is 5.75 Å². The lowest BCUT2D eigenvalue weighted by molar-refractivity contribution is -0.135. The molecule has 1 aromatic heterocycles. The highest BCUT2D eigenvalue weighted by molar-refractivity contribution is 5.91. The van der Waals surface area contributed by atoms with Crippen molar-refractivity contribution < 1.29 is 18.8 Å². The topological polar surface area (TPSA) is 84.7 Å². The Balaban J connectivity index is 1.38. The van der Waals surface area contributed by atoms with Crippen molar-refractivity contribution in [2.45, 2.75) is 26.2 Å². The van der Waals surface area contributed by atoms with Gasteiger partial charge in [0.2, 0.25) is 11.8 Å². The number of benzene rings is 1. The standard InChI is InChI=1S/C19H23N3O4/c1-14-13-17(21-26-14)20-19(24)15-7-10-22(11-8-15)18(23)9-12-25-16-5-3-2-4-6-16/h2-6,13,15H,7-12H2,1H3,(H,20,21,24). The number of anilines is 1. The van der Waals surface area contributed by atoms with Crippen LogP contribution in [0.25, 0.3) is 0 Å². The number of carbonyl (C=O) groups excluding carboxylic acids is 2. The number of ether oxygens (including phenoxy) is 1. The fraction of sp³-hybridized carbons (Fsp3) is 0.421. The summed E-state index contributed by atoms with van der Waals surface area (Å²) in [6, 6.07) is 11.1. The third-order valence-electron chi connectivity index (χ3n) is 4.43. The molecule has 0 saturated carbocycles. The van der Waals surface area contributed by atoms with Crippen molar-refractivity contribution >= 4 is 17.6 Å². The van der Waals surface area contributed by atoms with Crippen molar-refractivity contribution in [2.75, 3.05) is 25.0 Å². The highest BCUT2D eigenvalue weighted by Gasteiger charge is 2.27. The maximum absolute atomic E-state index is 12.3. The molecule has 0 unspecified atom stereocenters. The van der Waals surface area contributed by atoms with Crippen molar-refractivity contribution in [3.8, 4) is 5.75 Å². The van der Waals surface area contributed by atoms with Crippen molar-refractivity contribution in [1.29, 1.82) is 0 Å². The summed E-state index contributed by atoms with van der Waals surface area (Å²) >= 11 is 0. The first-order valence-electron chi connectivity index (χ1n) is 8.81. The van der Waals surface area contributed by atoms with Crippen LogP contribution >= 0.6 is 0 Å². The summed E-state index contributed by atoms with van der Waals surface area (Å²) in [6.45, 7) is 3.29. The van der Waals surface area contributed by atoms with E-state index in [0.29, 0.717) is 50.5 Å². The number of hydrogen-bond donors (Lipinski definition) is 1. The summed E-state index contributed by atoms with van der Waals surface area (Å²) in [5, 5.41) is 6.53. The van der Waals surface area contributed by atoms with Gasteiger partial charge in [-0.3, -0.25) is 9.59 Å². The number of nitrogens with one attached hydrogen (secondary N) is 1. The highest BCUT2D eigenvalue weighted by atomic mass is 16.5. The Morgan fingerprint density at radius 3 is 2.65 bits per heavy atom. The van der Waals surface area contributed by atoms with E-state index in [0.717, 1.165) is 5.75 Å². The predicted octanol–water partition coefficient (Wildman–Crippen LogP) is 2.63. The Labute approximate surface area is 152 Å². The normalized spacial score (nSPS) is 14.9. The van der Waals surface area contributed by atoms with Crippen LogP contribution in [0.4, 0.5) is 5.82 Å². The Morgan fingerprint density at radius 2 is 2.00 bits per heavy atom. The molecule has 2 heterocycles. The zero-order valence-electron chi connectivity index (χ0n) is 14.8. The Hall–Kier alpha value is -2.83. The number of rotatable bonds is 6. The molecule has 7 nitrogen and oxygen atoms in total. The number of amides is 2. The number of likely N-dealkylation sites (tertiary alicyclic amines) is 1. The number of nitrogens with zero attached hydrogens (tertiary/aromatic N) is 2. The fourth-order valence-corrected chi connectivity index (χ4v) is 2.98. The number of aryl methyl sites for hydroxylation is 1. The molecule has 1 saturated heterocycles. The molecule has 2 aromatic rings. The van der Waals surface area contributed by atoms with E-state index >= 15 is 0 Å². The largest absolute Gasteiger partial charge is 0.493 e. The van der Waals surface area contributed by atoms with Crippen molar-refractivity contribution in [1.82, 2.24) is 10.1 Å². The maximum atomic E-state index is 12.3. The molecule has 0 bridgehead atoms. The van der Waals surface area contributed by atoms with E-state index in [1.54, 1.807) is 17.9 Å². The van der Waals surface area contributed by atoms with Gasteiger partial charge in [0.25, 0.3) is 0 Å². The quantitative estimate of drug-likeness (QED) is 0.859. The van der Waals surface area contributed by atoms with Gasteiger partial charge in [-0.15, -0.1) is 0 Å². The molecule has 0 aliphatic carbocycles. The molecule has 7 heteroatoms. The van der Waals surface area contributed by atoms with Crippen LogP contribution in [0.2, 0.25) is 0 Å². The minimum absolute atomic E-state index is 0.0620. The van der Waals surface area contributed by atoms with Crippen LogP contribution in [-0.2, 0) is 9.59 Å². The van der Waals surface area contributed by atoms with Gasteiger partial charge in [0.15, 0.2) is 5.82 Å². The molecular formula is C19H23N3O4. The van der Waals surface area contributed by atoms with Crippen molar-refractivity contribution in [3.63, 3.8) is 0 Å². The van der Waals surface area contributed by atoms with E-state index in [2.05, 4.69) is 10.5 Å². The lowest BCUT2D eigenvalue weighted by Crippen LogP contribution is -2.41. The van der Waals surface area contributed by atoms with Crippen LogP contribution in [0.1, 0.15) is 25.0 Å². The molecule has 1 aliphatic rings. The van der Waals surface area contributed by atoms with Gasteiger partial charge in [0.1, 0.15) is 11.5 Å². The second kappa shape index (κ2) is 8.51. The average Bonchev–Trinajstić information content (AvgIpc) is 3.07. The van der Waals surface area contributed by atoms with Gasteiger partial charge >= 0.3 is 0 Å². The van der Waals surface area contributed by atoms with E-state index in [-0.39, 0.29) is 17.7 Å². The molecule has 1 N–H and O–H groups in total. The number of aromatic nitrogens is 1. The summed E-state index contributed by atoms with van der Waals surface area (Å²) in [5.41, 5.74) is 0. The summed E-state index contributed by atoms with van der Waals surface area (Å²) < 4.78 is 10.5. The summed E-state index contributed by atoms with van der Waals surface area (Å²) in [5.74, 6) is 1.72. The van der Waals surface area contributed by atoms with Gasteiger partial charge < -0.3 is 19.5 Å². The lowest BCUT2D eigenvalue weighted by atomic mass is 9.95. The maximum Gasteiger partial charge on any atom is 0.228 e. The van der Waals surface area contributed by atoms with Gasteiger partial charge in [0.05, 0.1) is 13.0 Å². The van der Waals surface area contributed by atoms with Crippen LogP contribution in [-0.4, -0.2) is 41.6 Å². The minimum Gasteiger partial charge on any atom is -0.493 e. The third kappa shape index (κ3) is 4.84. The first-order chi connectivity index (χ1) is 12.6. The van der Waals surface area contributed by atoms with Gasteiger partial charge in [-0.2, -0.15) is 0 Å². The summed E-state index contributed by atoms with van der Waals surface area (Å²) in [7, 11) is 0. The fourth-order valence-electron chi connectivity index (χ4n) is 2.98. The van der Waals surface area contributed by atoms with Gasteiger partial charge in [-0.1, -0.05) is 23.4 Å². The second-order valence-electron chi connectivity index (χ2n) is 6.38. The molecule has 26 heavy (non-hydrogen) atoms. The molecular weight excluding hydrogens is 334 g/mol. The molecule has 0 spiro atoms. The van der Waals surface area contributed by atoms with E-state index < -0.39 is 0 Å². The Bertz CT molecular complexity index is 736. The first kappa shape index (κ1) is 18.0. The third-order valence-corrected chi connectivity index (χ3v) is 4.43. The predicted molar refractivity (Wildman–Crippen MR) is 95.7 cm³/mol. The van der Waals surface area contributed by atoms with Crippen molar-refractivity contribution in [2.24, 2.45) is 5.92 Å². The molecule has 3 rings (SSSR count). The Kier molecular flexibility index (Phi) is 5.88. The molecule has 138 valence electrons. The number of para-hydroxylation sites is 1. The lowest BCUT2D eigenvalue weighted by Gasteiger charge is -2.31. The van der Waals surface area contributed by atoms with Crippen molar-refractivity contribution in [3.05, 3.63) is 42.2 Å². The smallest absolute Gasteiger partial charge is 0.228 e. The average molecular weight is 357 g/mol. The van der Waals surface area contributed by atoms with Gasteiger partial charge in [0, 0.05) is 25.1 Å². The van der Waals surface area contributed by atoms with E-state index in [1.165, 1.54) is 0 Å². The number of carbonyl (C=O) groups is 2. The highest BCUT2D eigenvalue weighted by Crippen LogP contribution is 2.20. The van der Waals surface area contributed by atoms with Crippen LogP contribution in [0, 0.1) is 12.8 Å².